The second-order valence-corrected chi connectivity index (χ2v) is 27.1. The Balaban J connectivity index is 1.68. The van der Waals surface area contributed by atoms with Crippen molar-refractivity contribution in [1.29, 1.82) is 0 Å². The normalized spacial score (nSPS) is 28.2. The van der Waals surface area contributed by atoms with E-state index in [9.17, 15) is 57.5 Å². The third-order valence-corrected chi connectivity index (χ3v) is 17.9. The lowest BCUT2D eigenvalue weighted by molar-refractivity contribution is -0.391. The molecule has 0 aromatic heterocycles. The molecule has 6 rings (SSSR count). The van der Waals surface area contributed by atoms with Crippen molar-refractivity contribution >= 4 is 94.2 Å². The first-order chi connectivity index (χ1) is 52.5. The van der Waals surface area contributed by atoms with Gasteiger partial charge in [0.25, 0.3) is 11.7 Å². The number of nitrogens with one attached hydrogen (secondary N) is 2. The molecule has 4 fully saturated rings. The van der Waals surface area contributed by atoms with Gasteiger partial charge in [0.1, 0.15) is 68.6 Å². The number of unbranched alkanes of at least 4 members (excludes halogenated alkanes) is 9. The minimum atomic E-state index is -3.26. The molecule has 36 nitrogen and oxygen atoms in total. The molecule has 0 bridgehead atoms. The lowest BCUT2D eigenvalue weighted by atomic mass is 9.87. The van der Waals surface area contributed by atoms with Crippen LogP contribution in [0, 0.1) is 0 Å². The standard InChI is InChI=1S/C75H104N2O34/c1-16-17-18-19-20-21-22-23-24-27-32-93-71-59(77-70(90)53-31-30-51-28-25-26-29-52(51)33-53)64(109-72-68(104-49(13)88)66(103-48(12)87)60(38(2)97-72)100-45(9)84)61(56(106-71)36-95-41(5)80)108-73-69(105-50(14)89)67(63(102-47(11)86)57(107-73)37-96-42(6)81)111-75(74(91)92-15)34-54(98-43(7)82)58(76-39(3)78)65(110-75)62(101-46(10)85)55(99-44(8)83)35-94-40(4)79/h25-26,28-31,33,38,54-69,71-73H,16-24,27,32,34-37H2,1-15H3,(H,76,78)(H,77,90)/t38-,54-,55+,56+,57+,58+,59+,60+,61+,62+,63-,64+,65+,66+,67-,68-,69+,71+,72-,73-,75-/m0/s1. The topological polar surface area (TPSA) is 448 Å². The molecule has 2 N–H and O–H groups in total. The molecule has 111 heavy (non-hydrogen) atoms. The van der Waals surface area contributed by atoms with Gasteiger partial charge >= 0.3 is 71.6 Å². The van der Waals surface area contributed by atoms with Crippen molar-refractivity contribution in [2.24, 2.45) is 0 Å². The second kappa shape index (κ2) is 43.7. The highest BCUT2D eigenvalue weighted by atomic mass is 16.8. The summed E-state index contributed by atoms with van der Waals surface area (Å²) in [6.07, 6.45) is -27.2. The summed E-state index contributed by atoms with van der Waals surface area (Å²) in [4.78, 5) is 190. The van der Waals surface area contributed by atoms with Crippen LogP contribution in [0.1, 0.15) is 178 Å². The summed E-state index contributed by atoms with van der Waals surface area (Å²) in [5.74, 6) is -18.0. The van der Waals surface area contributed by atoms with Crippen molar-refractivity contribution in [2.75, 3.05) is 33.5 Å². The van der Waals surface area contributed by atoms with Crippen LogP contribution in [-0.4, -0.2) is 245 Å². The zero-order valence-electron chi connectivity index (χ0n) is 65.1. The number of benzene rings is 2. The average Bonchev–Trinajstić information content (AvgIpc) is 0.742. The van der Waals surface area contributed by atoms with Gasteiger partial charge in [0.2, 0.25) is 5.91 Å². The molecule has 2 aromatic carbocycles. The van der Waals surface area contributed by atoms with Crippen LogP contribution >= 0.6 is 0 Å². The maximum Gasteiger partial charge on any atom is 0.366 e. The van der Waals surface area contributed by atoms with Crippen LogP contribution in [0.3, 0.4) is 0 Å². The van der Waals surface area contributed by atoms with Gasteiger partial charge < -0.3 is 105 Å². The maximum absolute atomic E-state index is 15.4. The molecule has 4 aliphatic heterocycles. The Kier molecular flexibility index (Phi) is 35.8. The van der Waals surface area contributed by atoms with Gasteiger partial charge in [-0.2, -0.15) is 0 Å². The lowest BCUT2D eigenvalue weighted by Gasteiger charge is -2.53. The summed E-state index contributed by atoms with van der Waals surface area (Å²) in [7, 11) is 0.828. The molecule has 0 aliphatic carbocycles. The third kappa shape index (κ3) is 27.4. The van der Waals surface area contributed by atoms with E-state index >= 15 is 9.59 Å². The summed E-state index contributed by atoms with van der Waals surface area (Å²) in [5.41, 5.74) is 0.0479. The molecule has 2 aromatic rings. The zero-order chi connectivity index (χ0) is 82.0. The third-order valence-electron chi connectivity index (χ3n) is 17.9. The molecule has 0 saturated carbocycles. The fourth-order valence-corrected chi connectivity index (χ4v) is 13.4. The van der Waals surface area contributed by atoms with Crippen LogP contribution in [0.4, 0.5) is 0 Å². The fraction of sp³-hybridized carbons (Fsp3) is 0.680. The fourth-order valence-electron chi connectivity index (χ4n) is 13.4. The van der Waals surface area contributed by atoms with Crippen molar-refractivity contribution in [2.45, 2.75) is 296 Å². The lowest BCUT2D eigenvalue weighted by Crippen LogP contribution is -2.72. The second-order valence-electron chi connectivity index (χ2n) is 27.1. The molecule has 21 atom stereocenters. The smallest absolute Gasteiger partial charge is 0.366 e. The average molecular weight is 1580 g/mol. The molecular formula is C75H104N2O34. The van der Waals surface area contributed by atoms with E-state index in [1.165, 1.54) is 13.0 Å². The van der Waals surface area contributed by atoms with E-state index in [1.54, 1.807) is 30.3 Å². The first-order valence-corrected chi connectivity index (χ1v) is 36.7. The number of carbonyl (C=O) groups is 14. The van der Waals surface area contributed by atoms with Gasteiger partial charge in [0, 0.05) is 95.3 Å². The quantitative estimate of drug-likeness (QED) is 0.0529. The number of rotatable bonds is 38. The van der Waals surface area contributed by atoms with E-state index in [0.29, 0.717) is 18.2 Å². The van der Waals surface area contributed by atoms with Crippen LogP contribution < -0.4 is 10.6 Å². The summed E-state index contributed by atoms with van der Waals surface area (Å²) < 4.78 is 123. The number of esters is 12. The Morgan fingerprint density at radius 2 is 0.973 bits per heavy atom. The molecule has 0 unspecified atom stereocenters. The SMILES string of the molecule is CCCCCCCCCCCCO[C@@H]1O[C@H](COC(C)=O)[C@@H](O[C@@H]2O[C@H](COC(C)=O)[C@H](OC(C)=O)[C@H](O[C@]3(C(=O)OC)C[C@H](OC(C)=O)[C@@H](NC(C)=O)[C@H]([C@H](OC(C)=O)[C@@H](COC(C)=O)OC(C)=O)O3)[C@H]2OC(C)=O)[C@H](O[C@@H]2O[C@@H](C)[C@@H](OC(C)=O)[C@@H](OC(C)=O)[C@@H]2OC(C)=O)[C@H]1NC(=O)c1ccc2ccccc2c1. The molecule has 4 saturated heterocycles. The van der Waals surface area contributed by atoms with Gasteiger partial charge in [-0.05, 0) is 36.2 Å². The summed E-state index contributed by atoms with van der Waals surface area (Å²) >= 11 is 0. The molecule has 0 spiro atoms. The zero-order valence-corrected chi connectivity index (χ0v) is 65.1. The Morgan fingerprint density at radius 3 is 1.51 bits per heavy atom. The van der Waals surface area contributed by atoms with E-state index in [1.807, 2.05) is 6.07 Å². The van der Waals surface area contributed by atoms with Gasteiger partial charge in [-0.3, -0.25) is 62.3 Å². The van der Waals surface area contributed by atoms with Crippen molar-refractivity contribution in [3.05, 3.63) is 48.0 Å². The van der Waals surface area contributed by atoms with Crippen LogP contribution in [-0.2, 0) is 157 Å². The Labute approximate surface area is 641 Å². The van der Waals surface area contributed by atoms with Gasteiger partial charge in [0.05, 0.1) is 25.7 Å². The van der Waals surface area contributed by atoms with Crippen molar-refractivity contribution in [3.8, 4) is 0 Å². The minimum Gasteiger partial charge on any atom is -0.465 e. The highest BCUT2D eigenvalue weighted by Crippen LogP contribution is 2.43. The molecular weight excluding hydrogens is 1470 g/mol. The van der Waals surface area contributed by atoms with E-state index in [2.05, 4.69) is 17.6 Å². The van der Waals surface area contributed by atoms with Gasteiger partial charge in [-0.25, -0.2) is 4.79 Å². The van der Waals surface area contributed by atoms with Crippen molar-refractivity contribution < 1.29 is 162 Å². The molecule has 0 radical (unpaired) electrons. The molecule has 36 heteroatoms. The van der Waals surface area contributed by atoms with Gasteiger partial charge in [-0.1, -0.05) is 95.0 Å². The number of fused-ring (bicyclic) bond motifs is 1. The summed E-state index contributed by atoms with van der Waals surface area (Å²) in [6.45, 7) is 12.4. The Hall–Kier alpha value is -9.04. The predicted molar refractivity (Wildman–Crippen MR) is 375 cm³/mol. The number of hydrogen-bond donors (Lipinski definition) is 2. The van der Waals surface area contributed by atoms with Crippen LogP contribution in [0.15, 0.2) is 42.5 Å². The van der Waals surface area contributed by atoms with Crippen molar-refractivity contribution in [1.82, 2.24) is 10.6 Å². The Bertz CT molecular complexity index is 3550. The van der Waals surface area contributed by atoms with Crippen LogP contribution in [0.25, 0.3) is 10.8 Å². The molecule has 4 aliphatic rings. The van der Waals surface area contributed by atoms with E-state index in [-0.39, 0.29) is 12.2 Å². The first-order valence-electron chi connectivity index (χ1n) is 36.7. The van der Waals surface area contributed by atoms with Crippen molar-refractivity contribution in [3.63, 3.8) is 0 Å². The highest BCUT2D eigenvalue weighted by molar-refractivity contribution is 5.99. The first kappa shape index (κ1) is 90.8. The number of hydrogen-bond acceptors (Lipinski definition) is 34. The number of amides is 2. The Morgan fingerprint density at radius 1 is 0.477 bits per heavy atom. The highest BCUT2D eigenvalue weighted by Gasteiger charge is 2.65. The monoisotopic (exact) mass is 1580 g/mol. The van der Waals surface area contributed by atoms with Gasteiger partial charge in [0.15, 0.2) is 61.6 Å². The summed E-state index contributed by atoms with van der Waals surface area (Å²) in [5, 5.41) is 6.87. The van der Waals surface area contributed by atoms with E-state index in [0.717, 1.165) is 147 Å². The van der Waals surface area contributed by atoms with Gasteiger partial charge in [-0.15, -0.1) is 0 Å². The van der Waals surface area contributed by atoms with Crippen LogP contribution in [0.2, 0.25) is 0 Å². The molecule has 2 amide bonds. The summed E-state index contributed by atoms with van der Waals surface area (Å²) in [6, 6.07) is 8.35. The number of carbonyl (C=O) groups excluding carboxylic acids is 14. The van der Waals surface area contributed by atoms with E-state index < -0.39 is 238 Å². The maximum atomic E-state index is 15.4. The molecule has 4 heterocycles. The number of methoxy groups -OCH3 is 1. The number of ether oxygens (including phenoxy) is 20. The predicted octanol–water partition coefficient (Wildman–Crippen LogP) is 4.53. The minimum absolute atomic E-state index is 0.0479. The van der Waals surface area contributed by atoms with Crippen LogP contribution in [0.5, 0.6) is 0 Å². The molecule has 618 valence electrons. The van der Waals surface area contributed by atoms with E-state index in [4.69, 9.17) is 94.7 Å². The largest absolute Gasteiger partial charge is 0.465 e.